The zero-order valence-corrected chi connectivity index (χ0v) is 57.1. The standard InChI is InChI=1S/C76H76O18P4/c77-95(83-53-63-35-15-3-16-36-63,84-54-64-37-17-4-18-38-64)91-73-71(81-51-61-31-11-1-12-32-61)72(82-52-62-33-13-2-14-34-62)74(92-96(78,85-55-65-39-19-5-20-40-65)86-56-66-41-21-6-22-42-66)76(94-98(80,89-59-69-47-27-9-28-48-69)90-60-70-49-29-10-30-50-70)75(73)93-97(79,87-57-67-43-23-7-24-44-67)88-58-68-45-25-8-26-46-68/h1-50,71-76H,51-60H2/t71-,72-,73-,74-,75+,76+/m0/s1. The van der Waals surface area contributed by atoms with Gasteiger partial charge in [-0.2, -0.15) is 0 Å². The summed E-state index contributed by atoms with van der Waals surface area (Å²) < 4.78 is 161. The molecule has 6 atom stereocenters. The maximum absolute atomic E-state index is 16.6. The molecule has 98 heavy (non-hydrogen) atoms. The minimum Gasteiger partial charge on any atom is -0.368 e. The zero-order valence-electron chi connectivity index (χ0n) is 53.5. The van der Waals surface area contributed by atoms with Crippen LogP contribution in [0.2, 0.25) is 0 Å². The number of hydrogen-bond acceptors (Lipinski definition) is 18. The first-order valence-electron chi connectivity index (χ1n) is 31.9. The van der Waals surface area contributed by atoms with E-state index in [1.165, 1.54) is 0 Å². The van der Waals surface area contributed by atoms with Crippen molar-refractivity contribution < 1.29 is 82.0 Å². The second-order valence-corrected chi connectivity index (χ2v) is 29.2. The highest BCUT2D eigenvalue weighted by molar-refractivity contribution is 7.49. The molecule has 18 nitrogen and oxygen atoms in total. The molecule has 1 fully saturated rings. The first-order valence-corrected chi connectivity index (χ1v) is 37.7. The molecule has 0 aromatic heterocycles. The SMILES string of the molecule is O=P(OCc1ccccc1)(OCc1ccccc1)O[C@H]1[C@H](OP(=O)(OCc2ccccc2)OCc2ccccc2)[C@@H](OP(=O)(OCc2ccccc2)OCc2ccccc2)[C@@H](OCc2ccccc2)[C@H](OCc2ccccc2)[C@@H]1OP(=O)(OCc1ccccc1)OCc1ccccc1. The Morgan fingerprint density at radius 2 is 0.296 bits per heavy atom. The average Bonchev–Trinajstić information content (AvgIpc) is 0.742. The smallest absolute Gasteiger partial charge is 0.368 e. The molecule has 0 radical (unpaired) electrons. The fourth-order valence-electron chi connectivity index (χ4n) is 10.3. The molecule has 22 heteroatoms. The van der Waals surface area contributed by atoms with Gasteiger partial charge in [-0.15, -0.1) is 0 Å². The Bertz CT molecular complexity index is 3670. The third-order valence-corrected chi connectivity index (χ3v) is 20.9. The summed E-state index contributed by atoms with van der Waals surface area (Å²) in [7, 11) is -20.7. The van der Waals surface area contributed by atoms with Crippen LogP contribution in [0.3, 0.4) is 0 Å². The van der Waals surface area contributed by atoms with Gasteiger partial charge in [-0.3, -0.25) is 54.3 Å². The van der Waals surface area contributed by atoms with E-state index >= 15 is 18.3 Å². The van der Waals surface area contributed by atoms with Crippen molar-refractivity contribution in [3.8, 4) is 0 Å². The number of benzene rings is 10. The van der Waals surface area contributed by atoms with Crippen LogP contribution in [0.4, 0.5) is 0 Å². The molecular weight excluding hydrogens is 1320 g/mol. The summed E-state index contributed by atoms with van der Waals surface area (Å²) in [5.74, 6) is 0. The first kappa shape index (κ1) is 71.8. The van der Waals surface area contributed by atoms with Crippen molar-refractivity contribution in [3.05, 3.63) is 359 Å². The maximum Gasteiger partial charge on any atom is 0.475 e. The Morgan fingerprint density at radius 1 is 0.173 bits per heavy atom. The molecule has 11 rings (SSSR count). The van der Waals surface area contributed by atoms with Crippen molar-refractivity contribution in [3.63, 3.8) is 0 Å². The van der Waals surface area contributed by atoms with Gasteiger partial charge in [0.05, 0.1) is 66.1 Å². The molecule has 0 N–H and O–H groups in total. The lowest BCUT2D eigenvalue weighted by molar-refractivity contribution is -0.242. The summed E-state index contributed by atoms with van der Waals surface area (Å²) >= 11 is 0. The molecule has 10 aromatic rings. The lowest BCUT2D eigenvalue weighted by Gasteiger charge is -2.50. The van der Waals surface area contributed by atoms with Crippen LogP contribution in [0.5, 0.6) is 0 Å². The lowest BCUT2D eigenvalue weighted by Crippen LogP contribution is -2.67. The Kier molecular flexibility index (Phi) is 26.8. The largest absolute Gasteiger partial charge is 0.475 e. The molecule has 1 aliphatic carbocycles. The minimum absolute atomic E-state index is 0.236. The van der Waals surface area contributed by atoms with Gasteiger partial charge in [0.15, 0.2) is 0 Å². The molecule has 0 amide bonds. The van der Waals surface area contributed by atoms with Gasteiger partial charge in [0.2, 0.25) is 0 Å². The van der Waals surface area contributed by atoms with Gasteiger partial charge in [0.25, 0.3) is 0 Å². The second kappa shape index (κ2) is 36.6. The minimum atomic E-state index is -5.23. The van der Waals surface area contributed by atoms with Gasteiger partial charge in [0, 0.05) is 0 Å². The first-order chi connectivity index (χ1) is 47.9. The van der Waals surface area contributed by atoms with Crippen molar-refractivity contribution >= 4 is 31.3 Å². The van der Waals surface area contributed by atoms with E-state index in [0.717, 1.165) is 0 Å². The molecule has 0 unspecified atom stereocenters. The van der Waals surface area contributed by atoms with Crippen molar-refractivity contribution in [1.82, 2.24) is 0 Å². The summed E-state index contributed by atoms with van der Waals surface area (Å²) in [6.45, 7) is -3.32. The van der Waals surface area contributed by atoms with Gasteiger partial charge in [-0.1, -0.05) is 303 Å². The fraction of sp³-hybridized carbons (Fsp3) is 0.211. The molecule has 508 valence electrons. The van der Waals surface area contributed by atoms with Gasteiger partial charge in [0.1, 0.15) is 36.6 Å². The summed E-state index contributed by atoms with van der Waals surface area (Å²) in [6.07, 6.45) is -11.8. The van der Waals surface area contributed by atoms with Crippen LogP contribution in [0.25, 0.3) is 0 Å². The predicted molar refractivity (Wildman–Crippen MR) is 370 cm³/mol. The van der Waals surface area contributed by atoms with Crippen LogP contribution in [0.15, 0.2) is 303 Å². The number of phosphoric acid groups is 4. The molecule has 0 aliphatic heterocycles. The highest BCUT2D eigenvalue weighted by Crippen LogP contribution is 2.63. The van der Waals surface area contributed by atoms with Gasteiger partial charge < -0.3 is 9.47 Å². The lowest BCUT2D eigenvalue weighted by atomic mass is 9.84. The van der Waals surface area contributed by atoms with E-state index in [-0.39, 0.29) is 66.1 Å². The number of rotatable bonds is 38. The summed E-state index contributed by atoms with van der Waals surface area (Å²) in [5.41, 5.74) is 5.78. The van der Waals surface area contributed by atoms with E-state index < -0.39 is 67.9 Å². The van der Waals surface area contributed by atoms with Crippen LogP contribution < -0.4 is 0 Å². The van der Waals surface area contributed by atoms with E-state index in [2.05, 4.69) is 0 Å². The summed E-state index contributed by atoms with van der Waals surface area (Å²) in [4.78, 5) is 0. The number of hydrogen-bond donors (Lipinski definition) is 0. The van der Waals surface area contributed by atoms with E-state index in [4.69, 9.17) is 63.8 Å². The molecule has 10 aromatic carbocycles. The fourth-order valence-corrected chi connectivity index (χ4v) is 15.7. The normalized spacial score (nSPS) is 17.5. The van der Waals surface area contributed by atoms with Gasteiger partial charge >= 0.3 is 31.3 Å². The van der Waals surface area contributed by atoms with E-state index in [1.54, 1.807) is 194 Å². The highest BCUT2D eigenvalue weighted by atomic mass is 31.2. The van der Waals surface area contributed by atoms with Crippen molar-refractivity contribution in [2.75, 3.05) is 0 Å². The number of phosphoric ester groups is 4. The molecular formula is C76H76O18P4. The quantitative estimate of drug-likeness (QED) is 0.0331. The van der Waals surface area contributed by atoms with Crippen LogP contribution >= 0.6 is 31.3 Å². The second-order valence-electron chi connectivity index (χ2n) is 22.7. The van der Waals surface area contributed by atoms with Crippen molar-refractivity contribution in [1.29, 1.82) is 0 Å². The van der Waals surface area contributed by atoms with Crippen LogP contribution in [0.1, 0.15) is 55.6 Å². The monoisotopic (exact) mass is 1400 g/mol. The highest BCUT2D eigenvalue weighted by Gasteiger charge is 2.62. The third kappa shape index (κ3) is 22.3. The molecule has 0 spiro atoms. The van der Waals surface area contributed by atoms with Crippen LogP contribution in [0, 0.1) is 0 Å². The Labute approximate surface area is 572 Å². The number of ether oxygens (including phenoxy) is 2. The molecule has 1 saturated carbocycles. The van der Waals surface area contributed by atoms with E-state index in [9.17, 15) is 0 Å². The summed E-state index contributed by atoms with van der Waals surface area (Å²) in [5, 5.41) is 0. The van der Waals surface area contributed by atoms with Crippen molar-refractivity contribution in [2.24, 2.45) is 0 Å². The molecule has 0 bridgehead atoms. The molecule has 0 saturated heterocycles. The van der Waals surface area contributed by atoms with E-state index in [1.807, 2.05) is 109 Å². The van der Waals surface area contributed by atoms with Gasteiger partial charge in [-0.05, 0) is 55.6 Å². The van der Waals surface area contributed by atoms with Gasteiger partial charge in [-0.25, -0.2) is 18.3 Å². The predicted octanol–water partition coefficient (Wildman–Crippen LogP) is 18.9. The topological polar surface area (TPSA) is 197 Å². The Morgan fingerprint density at radius 3 is 0.439 bits per heavy atom. The average molecular weight is 1400 g/mol. The van der Waals surface area contributed by atoms with Crippen LogP contribution in [-0.4, -0.2) is 36.6 Å². The Balaban J connectivity index is 1.15. The van der Waals surface area contributed by atoms with Crippen molar-refractivity contribution in [2.45, 2.75) is 103 Å². The molecule has 0 heterocycles. The van der Waals surface area contributed by atoms with E-state index in [0.29, 0.717) is 55.6 Å². The third-order valence-electron chi connectivity index (χ3n) is 15.4. The Hall–Kier alpha value is -7.44. The maximum atomic E-state index is 16.6. The zero-order chi connectivity index (χ0) is 67.6. The summed E-state index contributed by atoms with van der Waals surface area (Å²) in [6, 6.07) is 89.4. The molecule has 1 aliphatic rings. The van der Waals surface area contributed by atoms with Crippen LogP contribution in [-0.2, 0) is 148 Å².